The lowest BCUT2D eigenvalue weighted by Crippen LogP contribution is -2.29. The van der Waals surface area contributed by atoms with E-state index in [9.17, 15) is 9.59 Å². The van der Waals surface area contributed by atoms with E-state index in [0.717, 1.165) is 6.54 Å². The lowest BCUT2D eigenvalue weighted by molar-refractivity contribution is -0.117. The van der Waals surface area contributed by atoms with Gasteiger partial charge in [-0.2, -0.15) is 11.3 Å². The highest BCUT2D eigenvalue weighted by Crippen LogP contribution is 2.11. The van der Waals surface area contributed by atoms with Crippen LogP contribution >= 0.6 is 11.3 Å². The van der Waals surface area contributed by atoms with Crippen molar-refractivity contribution >= 4 is 28.7 Å². The van der Waals surface area contributed by atoms with Gasteiger partial charge in [0.2, 0.25) is 5.91 Å². The monoisotopic (exact) mass is 302 g/mol. The zero-order chi connectivity index (χ0) is 15.2. The molecule has 1 aromatic heterocycles. The Balaban J connectivity index is 1.84. The summed E-state index contributed by atoms with van der Waals surface area (Å²) in [7, 11) is 1.91. The highest BCUT2D eigenvalue weighted by atomic mass is 32.1. The van der Waals surface area contributed by atoms with Crippen LogP contribution in [0, 0.1) is 0 Å². The Kier molecular flexibility index (Phi) is 5.25. The molecule has 0 saturated carbocycles. The van der Waals surface area contributed by atoms with Gasteiger partial charge in [-0.05, 0) is 60.6 Å². The minimum absolute atomic E-state index is 0.0170. The van der Waals surface area contributed by atoms with Gasteiger partial charge in [-0.3, -0.25) is 14.5 Å². The fourth-order valence-electron chi connectivity index (χ4n) is 1.98. The Bertz CT molecular complexity index is 606. The van der Waals surface area contributed by atoms with Crippen molar-refractivity contribution in [2.24, 2.45) is 0 Å². The summed E-state index contributed by atoms with van der Waals surface area (Å²) in [5.41, 5.74) is 2.55. The van der Waals surface area contributed by atoms with E-state index in [1.165, 1.54) is 12.5 Å². The summed E-state index contributed by atoms with van der Waals surface area (Å²) < 4.78 is 0. The molecule has 0 spiro atoms. The second-order valence-corrected chi connectivity index (χ2v) is 5.77. The lowest BCUT2D eigenvalue weighted by Gasteiger charge is -2.15. The van der Waals surface area contributed by atoms with Crippen LogP contribution in [0.15, 0.2) is 41.1 Å². The van der Waals surface area contributed by atoms with Crippen molar-refractivity contribution in [3.8, 4) is 0 Å². The minimum atomic E-state index is -0.0664. The number of likely N-dealkylation sites (N-methyl/N-ethyl adjacent to an activating group) is 1. The van der Waals surface area contributed by atoms with Crippen LogP contribution in [0.2, 0.25) is 0 Å². The van der Waals surface area contributed by atoms with Crippen LogP contribution in [0.3, 0.4) is 0 Å². The third kappa shape index (κ3) is 4.81. The summed E-state index contributed by atoms with van der Waals surface area (Å²) in [6.07, 6.45) is 0. The maximum Gasteiger partial charge on any atom is 0.238 e. The number of thiophene rings is 1. The van der Waals surface area contributed by atoms with Gasteiger partial charge in [-0.15, -0.1) is 0 Å². The average molecular weight is 302 g/mol. The standard InChI is InChI=1S/C16H18N2O2S/c1-12(19)14-3-5-15(6-4-14)17-16(20)10-18(2)9-13-7-8-21-11-13/h3-8,11H,9-10H2,1-2H3,(H,17,20). The van der Waals surface area contributed by atoms with E-state index in [0.29, 0.717) is 17.8 Å². The molecule has 1 N–H and O–H groups in total. The molecule has 4 nitrogen and oxygen atoms in total. The van der Waals surface area contributed by atoms with Gasteiger partial charge in [0.1, 0.15) is 0 Å². The summed E-state index contributed by atoms with van der Waals surface area (Å²) >= 11 is 1.65. The molecule has 2 aromatic rings. The average Bonchev–Trinajstić information content (AvgIpc) is 2.91. The molecule has 5 heteroatoms. The number of rotatable bonds is 6. The number of nitrogens with zero attached hydrogens (tertiary/aromatic N) is 1. The highest BCUT2D eigenvalue weighted by molar-refractivity contribution is 7.07. The Labute approximate surface area is 128 Å². The van der Waals surface area contributed by atoms with Crippen LogP contribution in [0.5, 0.6) is 0 Å². The van der Waals surface area contributed by atoms with E-state index in [4.69, 9.17) is 0 Å². The molecule has 0 aliphatic rings. The first-order valence-corrected chi connectivity index (χ1v) is 7.59. The van der Waals surface area contributed by atoms with Gasteiger partial charge in [0, 0.05) is 17.8 Å². The van der Waals surface area contributed by atoms with Crippen LogP contribution in [-0.4, -0.2) is 30.2 Å². The largest absolute Gasteiger partial charge is 0.325 e. The number of hydrogen-bond donors (Lipinski definition) is 1. The summed E-state index contributed by atoms with van der Waals surface area (Å²) in [6.45, 7) is 2.59. The maximum absolute atomic E-state index is 12.0. The molecule has 2 rings (SSSR count). The molecule has 21 heavy (non-hydrogen) atoms. The van der Waals surface area contributed by atoms with Crippen LogP contribution in [0.25, 0.3) is 0 Å². The first kappa shape index (κ1) is 15.4. The summed E-state index contributed by atoms with van der Waals surface area (Å²) in [6, 6.07) is 8.97. The Hall–Kier alpha value is -1.98. The zero-order valence-electron chi connectivity index (χ0n) is 12.1. The number of benzene rings is 1. The normalized spacial score (nSPS) is 10.6. The van der Waals surface area contributed by atoms with Gasteiger partial charge in [0.05, 0.1) is 6.54 Å². The molecule has 0 saturated heterocycles. The Morgan fingerprint density at radius 2 is 1.90 bits per heavy atom. The van der Waals surface area contributed by atoms with Crippen molar-refractivity contribution in [2.75, 3.05) is 18.9 Å². The lowest BCUT2D eigenvalue weighted by atomic mass is 10.1. The number of nitrogens with one attached hydrogen (secondary N) is 1. The summed E-state index contributed by atoms with van der Waals surface area (Å²) in [5.74, 6) is -0.0494. The van der Waals surface area contributed by atoms with Gasteiger partial charge >= 0.3 is 0 Å². The predicted molar refractivity (Wildman–Crippen MR) is 85.7 cm³/mol. The van der Waals surface area contributed by atoms with E-state index in [-0.39, 0.29) is 11.7 Å². The minimum Gasteiger partial charge on any atom is -0.325 e. The Morgan fingerprint density at radius 3 is 2.48 bits per heavy atom. The van der Waals surface area contributed by atoms with Gasteiger partial charge in [-0.1, -0.05) is 0 Å². The number of carbonyl (C=O) groups is 2. The molecule has 0 unspecified atom stereocenters. The molecule has 0 aliphatic carbocycles. The fourth-order valence-corrected chi connectivity index (χ4v) is 2.64. The van der Waals surface area contributed by atoms with E-state index < -0.39 is 0 Å². The Morgan fingerprint density at radius 1 is 1.19 bits per heavy atom. The van der Waals surface area contributed by atoms with E-state index in [1.54, 1.807) is 35.6 Å². The SMILES string of the molecule is CC(=O)c1ccc(NC(=O)CN(C)Cc2ccsc2)cc1. The summed E-state index contributed by atoms with van der Waals surface area (Å²) in [4.78, 5) is 25.1. The third-order valence-electron chi connectivity index (χ3n) is 3.02. The van der Waals surface area contributed by atoms with Crippen molar-refractivity contribution in [3.05, 3.63) is 52.2 Å². The summed E-state index contributed by atoms with van der Waals surface area (Å²) in [5, 5.41) is 6.94. The molecule has 1 aromatic carbocycles. The van der Waals surface area contributed by atoms with Crippen molar-refractivity contribution < 1.29 is 9.59 Å². The second kappa shape index (κ2) is 7.15. The molecule has 0 radical (unpaired) electrons. The van der Waals surface area contributed by atoms with Gasteiger partial charge in [0.15, 0.2) is 5.78 Å². The second-order valence-electron chi connectivity index (χ2n) is 4.99. The smallest absolute Gasteiger partial charge is 0.238 e. The third-order valence-corrected chi connectivity index (χ3v) is 3.75. The van der Waals surface area contributed by atoms with E-state index in [2.05, 4.69) is 16.8 Å². The fraction of sp³-hybridized carbons (Fsp3) is 0.250. The highest BCUT2D eigenvalue weighted by Gasteiger charge is 2.08. The molecule has 110 valence electrons. The topological polar surface area (TPSA) is 49.4 Å². The van der Waals surface area contributed by atoms with E-state index >= 15 is 0 Å². The molecular formula is C16H18N2O2S. The first-order chi connectivity index (χ1) is 10.0. The number of amides is 1. The van der Waals surface area contributed by atoms with Crippen LogP contribution in [0.4, 0.5) is 5.69 Å². The van der Waals surface area contributed by atoms with Gasteiger partial charge in [0.25, 0.3) is 0 Å². The van der Waals surface area contributed by atoms with Crippen LogP contribution < -0.4 is 5.32 Å². The number of hydrogen-bond acceptors (Lipinski definition) is 4. The van der Waals surface area contributed by atoms with Crippen molar-refractivity contribution in [1.82, 2.24) is 4.90 Å². The van der Waals surface area contributed by atoms with E-state index in [1.807, 2.05) is 17.3 Å². The van der Waals surface area contributed by atoms with Gasteiger partial charge < -0.3 is 5.32 Å². The number of carbonyl (C=O) groups excluding carboxylic acids is 2. The quantitative estimate of drug-likeness (QED) is 0.835. The first-order valence-electron chi connectivity index (χ1n) is 6.65. The molecule has 0 bridgehead atoms. The number of ketones is 1. The molecule has 1 amide bonds. The van der Waals surface area contributed by atoms with Crippen LogP contribution in [0.1, 0.15) is 22.8 Å². The molecule has 0 fully saturated rings. The number of anilines is 1. The van der Waals surface area contributed by atoms with Crippen molar-refractivity contribution in [3.63, 3.8) is 0 Å². The van der Waals surface area contributed by atoms with Crippen LogP contribution in [-0.2, 0) is 11.3 Å². The maximum atomic E-state index is 12.0. The molecule has 1 heterocycles. The zero-order valence-corrected chi connectivity index (χ0v) is 12.9. The molecular weight excluding hydrogens is 284 g/mol. The molecule has 0 aliphatic heterocycles. The van der Waals surface area contributed by atoms with Crippen molar-refractivity contribution in [2.45, 2.75) is 13.5 Å². The van der Waals surface area contributed by atoms with Gasteiger partial charge in [-0.25, -0.2) is 0 Å². The van der Waals surface area contributed by atoms with Crippen molar-refractivity contribution in [1.29, 1.82) is 0 Å². The predicted octanol–water partition coefficient (Wildman–Crippen LogP) is 3.02. The molecule has 0 atom stereocenters. The number of Topliss-reactive ketones (excluding diaryl/α,β-unsaturated/α-hetero) is 1.